The summed E-state index contributed by atoms with van der Waals surface area (Å²) in [5.74, 6) is 1.38. The summed E-state index contributed by atoms with van der Waals surface area (Å²) in [7, 11) is 1.62. The van der Waals surface area contributed by atoms with Crippen LogP contribution in [-0.4, -0.2) is 17.1 Å². The fraction of sp³-hybridized carbons (Fsp3) is 0.0625. The molecule has 0 spiro atoms. The third kappa shape index (κ3) is 2.95. The van der Waals surface area contributed by atoms with Crippen molar-refractivity contribution in [2.24, 2.45) is 0 Å². The first-order valence-electron chi connectivity index (χ1n) is 6.73. The van der Waals surface area contributed by atoms with Crippen LogP contribution in [0, 0.1) is 0 Å². The van der Waals surface area contributed by atoms with E-state index in [-0.39, 0.29) is 5.69 Å². The predicted molar refractivity (Wildman–Crippen MR) is 88.3 cm³/mol. The lowest BCUT2D eigenvalue weighted by Crippen LogP contribution is -2.08. The van der Waals surface area contributed by atoms with Crippen LogP contribution in [-0.2, 0) is 0 Å². The number of aromatic amines is 2. The number of hydrogen-bond acceptors (Lipinski definition) is 4. The van der Waals surface area contributed by atoms with E-state index in [2.05, 4.69) is 27.2 Å². The van der Waals surface area contributed by atoms with Crippen LogP contribution in [0.1, 0.15) is 0 Å². The van der Waals surface area contributed by atoms with Gasteiger partial charge < -0.3 is 25.3 Å². The number of hydrogen-bond donors (Lipinski definition) is 4. The Morgan fingerprint density at radius 1 is 1.05 bits per heavy atom. The van der Waals surface area contributed by atoms with Crippen LogP contribution in [0.2, 0.25) is 0 Å². The van der Waals surface area contributed by atoms with E-state index < -0.39 is 0 Å². The van der Waals surface area contributed by atoms with Crippen LogP contribution >= 0.6 is 0 Å². The Morgan fingerprint density at radius 2 is 1.77 bits per heavy atom. The molecule has 0 aliphatic rings. The van der Waals surface area contributed by atoms with Crippen molar-refractivity contribution in [1.82, 2.24) is 9.97 Å². The van der Waals surface area contributed by atoms with Gasteiger partial charge in [0.2, 0.25) is 0 Å². The van der Waals surface area contributed by atoms with Crippen molar-refractivity contribution in [3.05, 3.63) is 65.3 Å². The van der Waals surface area contributed by atoms with E-state index in [0.717, 1.165) is 28.2 Å². The van der Waals surface area contributed by atoms with E-state index in [1.165, 1.54) is 0 Å². The van der Waals surface area contributed by atoms with Crippen molar-refractivity contribution >= 4 is 22.4 Å². The molecule has 22 heavy (non-hydrogen) atoms. The second-order valence-electron chi connectivity index (χ2n) is 4.80. The average molecular weight is 296 g/mol. The van der Waals surface area contributed by atoms with Gasteiger partial charge in [-0.15, -0.1) is 0 Å². The number of H-pyrrole nitrogens is 2. The number of imidazole rings is 1. The van der Waals surface area contributed by atoms with E-state index >= 15 is 0 Å². The number of methoxy groups -OCH3 is 1. The normalized spacial score (nSPS) is 10.4. The monoisotopic (exact) mass is 296 g/mol. The summed E-state index contributed by atoms with van der Waals surface area (Å²) in [6.45, 7) is 3.94. The molecule has 0 aliphatic heterocycles. The van der Waals surface area contributed by atoms with Gasteiger partial charge in [-0.25, -0.2) is 4.79 Å². The minimum Gasteiger partial charge on any atom is -0.497 e. The summed E-state index contributed by atoms with van der Waals surface area (Å²) in [6, 6.07) is 13.1. The fourth-order valence-corrected chi connectivity index (χ4v) is 2.19. The highest BCUT2D eigenvalue weighted by Gasteiger charge is 2.02. The lowest BCUT2D eigenvalue weighted by atomic mass is 10.2. The molecule has 0 atom stereocenters. The van der Waals surface area contributed by atoms with E-state index in [1.54, 1.807) is 7.11 Å². The SMILES string of the molecule is C=C(Nc1cccc(OC)c1)Nc1ccc2[nH]c(=O)[nH]c2c1. The van der Waals surface area contributed by atoms with Crippen LogP contribution in [0.25, 0.3) is 11.0 Å². The van der Waals surface area contributed by atoms with Crippen molar-refractivity contribution < 1.29 is 4.74 Å². The number of fused-ring (bicyclic) bond motifs is 1. The first kappa shape index (κ1) is 13.8. The molecule has 0 bridgehead atoms. The predicted octanol–water partition coefficient (Wildman–Crippen LogP) is 2.86. The van der Waals surface area contributed by atoms with Crippen LogP contribution in [0.15, 0.2) is 59.7 Å². The van der Waals surface area contributed by atoms with Gasteiger partial charge in [-0.05, 0) is 30.3 Å². The summed E-state index contributed by atoms with van der Waals surface area (Å²) in [5.41, 5.74) is 2.97. The van der Waals surface area contributed by atoms with Gasteiger partial charge in [-0.3, -0.25) is 0 Å². The second-order valence-corrected chi connectivity index (χ2v) is 4.80. The highest BCUT2D eigenvalue weighted by molar-refractivity contribution is 5.79. The highest BCUT2D eigenvalue weighted by atomic mass is 16.5. The molecule has 112 valence electrons. The number of ether oxygens (including phenoxy) is 1. The van der Waals surface area contributed by atoms with Crippen molar-refractivity contribution in [3.8, 4) is 5.75 Å². The van der Waals surface area contributed by atoms with E-state index in [4.69, 9.17) is 4.74 Å². The molecule has 0 radical (unpaired) electrons. The Hall–Kier alpha value is -3.15. The van der Waals surface area contributed by atoms with Gasteiger partial charge in [0, 0.05) is 17.4 Å². The number of nitrogens with one attached hydrogen (secondary N) is 4. The van der Waals surface area contributed by atoms with Crippen molar-refractivity contribution in [3.63, 3.8) is 0 Å². The molecule has 0 saturated carbocycles. The Kier molecular flexibility index (Phi) is 3.57. The fourth-order valence-electron chi connectivity index (χ4n) is 2.19. The van der Waals surface area contributed by atoms with Gasteiger partial charge >= 0.3 is 5.69 Å². The topological polar surface area (TPSA) is 81.9 Å². The first-order chi connectivity index (χ1) is 10.6. The smallest absolute Gasteiger partial charge is 0.323 e. The molecule has 0 saturated heterocycles. The number of aromatic nitrogens is 2. The molecule has 1 heterocycles. The molecule has 3 rings (SSSR count). The van der Waals surface area contributed by atoms with E-state index in [9.17, 15) is 4.79 Å². The Bertz CT molecular complexity index is 879. The molecular weight excluding hydrogens is 280 g/mol. The maximum atomic E-state index is 11.3. The summed E-state index contributed by atoms with van der Waals surface area (Å²) in [6.07, 6.45) is 0. The van der Waals surface area contributed by atoms with Crippen LogP contribution in [0.5, 0.6) is 5.75 Å². The molecule has 6 nitrogen and oxygen atoms in total. The number of benzene rings is 2. The Morgan fingerprint density at radius 3 is 2.55 bits per heavy atom. The molecule has 0 amide bonds. The standard InChI is InChI=1S/C16H16N4O2/c1-10(17-11-4-3-5-13(8-11)22-2)18-12-6-7-14-15(9-12)20-16(21)19-14/h3-9,17-18H,1H2,2H3,(H2,19,20,21). The largest absolute Gasteiger partial charge is 0.497 e. The van der Waals surface area contributed by atoms with Gasteiger partial charge in [0.15, 0.2) is 0 Å². The lowest BCUT2D eigenvalue weighted by Gasteiger charge is -2.13. The molecule has 0 aliphatic carbocycles. The molecule has 2 aromatic carbocycles. The third-order valence-corrected chi connectivity index (χ3v) is 3.18. The van der Waals surface area contributed by atoms with Crippen molar-refractivity contribution in [1.29, 1.82) is 0 Å². The van der Waals surface area contributed by atoms with Crippen LogP contribution in [0.3, 0.4) is 0 Å². The van der Waals surface area contributed by atoms with Gasteiger partial charge in [0.05, 0.1) is 18.1 Å². The zero-order chi connectivity index (χ0) is 15.5. The molecular formula is C16H16N4O2. The molecule has 3 aromatic rings. The van der Waals surface area contributed by atoms with Crippen molar-refractivity contribution in [2.75, 3.05) is 17.7 Å². The second kappa shape index (κ2) is 5.69. The minimum atomic E-state index is -0.222. The summed E-state index contributed by atoms with van der Waals surface area (Å²) < 4.78 is 5.18. The molecule has 0 unspecified atom stereocenters. The minimum absolute atomic E-state index is 0.222. The first-order valence-corrected chi connectivity index (χ1v) is 6.73. The molecule has 4 N–H and O–H groups in total. The van der Waals surface area contributed by atoms with Crippen molar-refractivity contribution in [2.45, 2.75) is 0 Å². The Labute approximate surface area is 126 Å². The Balaban J connectivity index is 1.73. The number of anilines is 2. The van der Waals surface area contributed by atoms with Gasteiger partial charge in [0.1, 0.15) is 11.6 Å². The lowest BCUT2D eigenvalue weighted by molar-refractivity contribution is 0.415. The van der Waals surface area contributed by atoms with Crippen LogP contribution < -0.4 is 21.1 Å². The zero-order valence-corrected chi connectivity index (χ0v) is 12.1. The van der Waals surface area contributed by atoms with E-state index in [1.807, 2.05) is 42.5 Å². The molecule has 6 heteroatoms. The summed E-state index contributed by atoms with van der Waals surface area (Å²) in [5, 5.41) is 6.30. The van der Waals surface area contributed by atoms with Crippen LogP contribution in [0.4, 0.5) is 11.4 Å². The molecule has 0 fully saturated rings. The van der Waals surface area contributed by atoms with Gasteiger partial charge in [-0.2, -0.15) is 0 Å². The zero-order valence-electron chi connectivity index (χ0n) is 12.1. The summed E-state index contributed by atoms with van der Waals surface area (Å²) >= 11 is 0. The quantitative estimate of drug-likeness (QED) is 0.583. The number of rotatable bonds is 5. The average Bonchev–Trinajstić information content (AvgIpc) is 2.86. The maximum Gasteiger partial charge on any atom is 0.323 e. The van der Waals surface area contributed by atoms with Gasteiger partial charge in [-0.1, -0.05) is 12.6 Å². The third-order valence-electron chi connectivity index (χ3n) is 3.18. The maximum absolute atomic E-state index is 11.3. The summed E-state index contributed by atoms with van der Waals surface area (Å²) in [4.78, 5) is 16.7. The molecule has 1 aromatic heterocycles. The van der Waals surface area contributed by atoms with E-state index in [0.29, 0.717) is 5.82 Å². The van der Waals surface area contributed by atoms with Gasteiger partial charge in [0.25, 0.3) is 0 Å². The highest BCUT2D eigenvalue weighted by Crippen LogP contribution is 2.20.